The van der Waals surface area contributed by atoms with E-state index in [1.54, 1.807) is 19.2 Å². The zero-order chi connectivity index (χ0) is 20.9. The monoisotopic (exact) mass is 417 g/mol. The summed E-state index contributed by atoms with van der Waals surface area (Å²) in [6, 6.07) is 5.02. The van der Waals surface area contributed by atoms with Gasteiger partial charge in [-0.2, -0.15) is 9.49 Å². The highest BCUT2D eigenvalue weighted by atomic mass is 35.5. The molecule has 0 saturated heterocycles. The van der Waals surface area contributed by atoms with Crippen LogP contribution < -0.4 is 5.73 Å². The topological polar surface area (TPSA) is 61.7 Å². The number of hydrogen-bond acceptors (Lipinski definition) is 3. The molecule has 2 aromatic heterocycles. The van der Waals surface area contributed by atoms with Crippen molar-refractivity contribution in [2.24, 2.45) is 12.8 Å². The van der Waals surface area contributed by atoms with Crippen LogP contribution in [0, 0.1) is 25.6 Å². The van der Waals surface area contributed by atoms with Crippen molar-refractivity contribution in [1.29, 1.82) is 0 Å². The van der Waals surface area contributed by atoms with Gasteiger partial charge in [0.05, 0.1) is 22.3 Å². The lowest BCUT2D eigenvalue weighted by atomic mass is 10.0. The molecule has 1 aliphatic carbocycles. The number of hydrogen-bond donors (Lipinski definition) is 1. The molecule has 0 bridgehead atoms. The third-order valence-electron chi connectivity index (χ3n) is 5.40. The molecule has 1 aromatic carbocycles. The molecule has 152 valence electrons. The Kier molecular flexibility index (Phi) is 5.04. The lowest BCUT2D eigenvalue weighted by Crippen LogP contribution is -2.18. The fourth-order valence-corrected chi connectivity index (χ4v) is 4.05. The Bertz CT molecular complexity index is 1130. The number of aromatic nitrogens is 4. The molecule has 5 nitrogen and oxygen atoms in total. The van der Waals surface area contributed by atoms with E-state index in [-0.39, 0.29) is 5.82 Å². The van der Waals surface area contributed by atoms with Crippen LogP contribution in [0.3, 0.4) is 0 Å². The fraction of sp³-hybridized carbons (Fsp3) is 0.333. The number of fused-ring (bicyclic) bond motifs is 1. The van der Waals surface area contributed by atoms with E-state index in [9.17, 15) is 8.78 Å². The largest absolute Gasteiger partial charge is 0.330 e. The molecular weight excluding hydrogens is 396 g/mol. The van der Waals surface area contributed by atoms with Crippen LogP contribution >= 0.6 is 11.6 Å². The van der Waals surface area contributed by atoms with E-state index in [0.29, 0.717) is 53.3 Å². The molecule has 4 rings (SSSR count). The molecule has 1 atom stereocenters. The number of rotatable bonds is 4. The smallest absolute Gasteiger partial charge is 0.218 e. The van der Waals surface area contributed by atoms with Crippen LogP contribution in [0.2, 0.25) is 0 Å². The zero-order valence-electron chi connectivity index (χ0n) is 16.5. The maximum absolute atomic E-state index is 14.5. The first kappa shape index (κ1) is 19.8. The van der Waals surface area contributed by atoms with Crippen LogP contribution in [0.1, 0.15) is 28.2 Å². The summed E-state index contributed by atoms with van der Waals surface area (Å²) in [6.07, 6.45) is 2.59. The number of nitrogens with zero attached hydrogens (tertiary/aromatic N) is 4. The number of imidazole rings is 1. The normalized spacial score (nSPS) is 16.1. The van der Waals surface area contributed by atoms with Gasteiger partial charge in [-0.05, 0) is 44.5 Å². The van der Waals surface area contributed by atoms with Crippen molar-refractivity contribution in [2.75, 3.05) is 6.54 Å². The molecule has 1 aliphatic rings. The molecule has 29 heavy (non-hydrogen) atoms. The van der Waals surface area contributed by atoms with Gasteiger partial charge in [0.1, 0.15) is 11.6 Å². The molecule has 0 spiro atoms. The van der Waals surface area contributed by atoms with Gasteiger partial charge >= 0.3 is 0 Å². The van der Waals surface area contributed by atoms with Crippen molar-refractivity contribution in [1.82, 2.24) is 19.3 Å². The van der Waals surface area contributed by atoms with Gasteiger partial charge in [0, 0.05) is 30.4 Å². The molecule has 0 fully saturated rings. The standard InChI is InChI=1S/C21H22ClF2N5/c1-11-12(2)29(19-9-15-18(10-16(19)22)27-28(3)20(15)24)21(26-11)14-5-4-13(6-7-25)17(23)8-14/h4-5,8-9,16H,6-7,10,25H2,1-3H3. The number of allylic oxidation sites excluding steroid dienone is 1. The van der Waals surface area contributed by atoms with E-state index in [0.717, 1.165) is 11.4 Å². The molecule has 2 N–H and O–H groups in total. The molecule has 0 radical (unpaired) electrons. The van der Waals surface area contributed by atoms with E-state index >= 15 is 0 Å². The Morgan fingerprint density at radius 2 is 2.03 bits per heavy atom. The fourth-order valence-electron chi connectivity index (χ4n) is 3.75. The Hall–Kier alpha value is -2.51. The van der Waals surface area contributed by atoms with Crippen molar-refractivity contribution in [3.63, 3.8) is 0 Å². The summed E-state index contributed by atoms with van der Waals surface area (Å²) in [6.45, 7) is 4.19. The number of aryl methyl sites for hydroxylation is 2. The molecule has 1 unspecified atom stereocenters. The van der Waals surface area contributed by atoms with E-state index in [4.69, 9.17) is 17.3 Å². The zero-order valence-corrected chi connectivity index (χ0v) is 17.3. The van der Waals surface area contributed by atoms with Gasteiger partial charge in [0.25, 0.3) is 0 Å². The minimum atomic E-state index is -0.413. The van der Waals surface area contributed by atoms with E-state index in [1.807, 2.05) is 24.5 Å². The minimum Gasteiger partial charge on any atom is -0.330 e. The number of halogens is 3. The Morgan fingerprint density at radius 1 is 1.28 bits per heavy atom. The first-order valence-corrected chi connectivity index (χ1v) is 9.87. The van der Waals surface area contributed by atoms with Gasteiger partial charge in [0.15, 0.2) is 0 Å². The predicted molar refractivity (Wildman–Crippen MR) is 111 cm³/mol. The summed E-state index contributed by atoms with van der Waals surface area (Å²) in [7, 11) is 1.56. The molecule has 2 heterocycles. The summed E-state index contributed by atoms with van der Waals surface area (Å²) in [5, 5.41) is 3.79. The molecule has 8 heteroatoms. The summed E-state index contributed by atoms with van der Waals surface area (Å²) in [5.74, 6) is -0.157. The van der Waals surface area contributed by atoms with Gasteiger partial charge in [0.2, 0.25) is 5.95 Å². The molecular formula is C21H22ClF2N5. The van der Waals surface area contributed by atoms with Crippen molar-refractivity contribution < 1.29 is 8.78 Å². The summed E-state index contributed by atoms with van der Waals surface area (Å²) >= 11 is 6.67. The second-order valence-electron chi connectivity index (χ2n) is 7.30. The van der Waals surface area contributed by atoms with Gasteiger partial charge < -0.3 is 5.73 Å². The van der Waals surface area contributed by atoms with Crippen LogP contribution in [0.5, 0.6) is 0 Å². The Labute approximate surface area is 172 Å². The van der Waals surface area contributed by atoms with Gasteiger partial charge in [-0.1, -0.05) is 12.1 Å². The SMILES string of the molecule is Cc1nc(-c2ccc(CCN)c(F)c2)n(C2=Cc3c(nn(C)c3F)CC2Cl)c1C. The van der Waals surface area contributed by atoms with Crippen molar-refractivity contribution in [2.45, 2.75) is 32.1 Å². The summed E-state index contributed by atoms with van der Waals surface area (Å²) in [5.41, 5.74) is 10.2. The van der Waals surface area contributed by atoms with Crippen molar-refractivity contribution in [3.8, 4) is 11.4 Å². The minimum absolute atomic E-state index is 0.321. The van der Waals surface area contributed by atoms with Crippen LogP contribution in [0.4, 0.5) is 8.78 Å². The number of nitrogens with two attached hydrogens (primary N) is 1. The summed E-state index contributed by atoms with van der Waals surface area (Å²) < 4.78 is 32.1. The summed E-state index contributed by atoms with van der Waals surface area (Å²) in [4.78, 5) is 4.65. The Balaban J connectivity index is 1.88. The van der Waals surface area contributed by atoms with Crippen molar-refractivity contribution in [3.05, 3.63) is 58.2 Å². The molecule has 0 aliphatic heterocycles. The lowest BCUT2D eigenvalue weighted by Gasteiger charge is -2.22. The predicted octanol–water partition coefficient (Wildman–Crippen LogP) is 3.84. The second kappa shape index (κ2) is 7.39. The first-order chi connectivity index (χ1) is 13.8. The lowest BCUT2D eigenvalue weighted by molar-refractivity contribution is 0.502. The van der Waals surface area contributed by atoms with Gasteiger partial charge in [-0.15, -0.1) is 11.6 Å². The number of benzene rings is 1. The number of alkyl halides is 1. The van der Waals surface area contributed by atoms with Crippen LogP contribution in [0.15, 0.2) is 18.2 Å². The van der Waals surface area contributed by atoms with E-state index in [2.05, 4.69) is 10.1 Å². The Morgan fingerprint density at radius 3 is 2.72 bits per heavy atom. The van der Waals surface area contributed by atoms with Crippen LogP contribution in [0.25, 0.3) is 23.2 Å². The third kappa shape index (κ3) is 3.28. The van der Waals surface area contributed by atoms with Crippen molar-refractivity contribution >= 4 is 23.4 Å². The molecule has 0 saturated carbocycles. The van der Waals surface area contributed by atoms with Gasteiger partial charge in [-0.3, -0.25) is 4.57 Å². The van der Waals surface area contributed by atoms with E-state index in [1.165, 1.54) is 10.7 Å². The van der Waals surface area contributed by atoms with Crippen LogP contribution in [-0.2, 0) is 19.9 Å². The second-order valence-corrected chi connectivity index (χ2v) is 7.83. The molecule has 0 amide bonds. The quantitative estimate of drug-likeness (QED) is 0.656. The third-order valence-corrected chi connectivity index (χ3v) is 5.78. The average Bonchev–Trinajstić information content (AvgIpc) is 3.12. The maximum Gasteiger partial charge on any atom is 0.218 e. The average molecular weight is 418 g/mol. The maximum atomic E-state index is 14.5. The highest BCUT2D eigenvalue weighted by Crippen LogP contribution is 2.36. The van der Waals surface area contributed by atoms with E-state index < -0.39 is 11.3 Å². The van der Waals surface area contributed by atoms with Crippen LogP contribution in [-0.4, -0.2) is 31.3 Å². The van der Waals surface area contributed by atoms with Gasteiger partial charge in [-0.25, -0.2) is 14.1 Å². The molecule has 3 aromatic rings. The highest BCUT2D eigenvalue weighted by Gasteiger charge is 2.29. The highest BCUT2D eigenvalue weighted by molar-refractivity contribution is 6.26. The first-order valence-electron chi connectivity index (χ1n) is 9.44.